The van der Waals surface area contributed by atoms with Gasteiger partial charge in [0.2, 0.25) is 0 Å². The van der Waals surface area contributed by atoms with Gasteiger partial charge in [0.05, 0.1) is 6.61 Å². The second kappa shape index (κ2) is 8.24. The number of aryl methyl sites for hydroxylation is 1. The number of halogens is 1. The maximum Gasteiger partial charge on any atom is 0.129 e. The quantitative estimate of drug-likeness (QED) is 0.717. The summed E-state index contributed by atoms with van der Waals surface area (Å²) in [5, 5.41) is 0. The van der Waals surface area contributed by atoms with E-state index >= 15 is 0 Å². The van der Waals surface area contributed by atoms with Gasteiger partial charge in [0.25, 0.3) is 0 Å². The van der Waals surface area contributed by atoms with Crippen molar-refractivity contribution in [2.24, 2.45) is 0 Å². The van der Waals surface area contributed by atoms with E-state index in [4.69, 9.17) is 9.47 Å². The van der Waals surface area contributed by atoms with Crippen molar-refractivity contribution in [2.75, 3.05) is 20.3 Å². The van der Waals surface area contributed by atoms with Crippen LogP contribution in [0.15, 0.2) is 18.2 Å². The van der Waals surface area contributed by atoms with Gasteiger partial charge in [-0.25, -0.2) is 4.39 Å². The third-order valence-corrected chi connectivity index (χ3v) is 1.70. The Morgan fingerprint density at radius 2 is 1.87 bits per heavy atom. The summed E-state index contributed by atoms with van der Waals surface area (Å²) in [5.41, 5.74) is 0.624. The summed E-state index contributed by atoms with van der Waals surface area (Å²) in [4.78, 5) is 0. The molecular formula is C12H19FO2. The van der Waals surface area contributed by atoms with Crippen molar-refractivity contribution in [3.8, 4) is 5.75 Å². The van der Waals surface area contributed by atoms with Crippen LogP contribution in [-0.2, 0) is 4.74 Å². The van der Waals surface area contributed by atoms with Crippen LogP contribution >= 0.6 is 0 Å². The van der Waals surface area contributed by atoms with Crippen molar-refractivity contribution < 1.29 is 13.9 Å². The fourth-order valence-corrected chi connectivity index (χ4v) is 0.906. The number of benzene rings is 1. The lowest BCUT2D eigenvalue weighted by molar-refractivity contribution is 0.146. The average Bonchev–Trinajstić information content (AvgIpc) is 2.27. The summed E-state index contributed by atoms with van der Waals surface area (Å²) < 4.78 is 23.0. The Kier molecular flexibility index (Phi) is 7.64. The number of methoxy groups -OCH3 is 1. The maximum atomic E-state index is 13.0. The third kappa shape index (κ3) is 5.37. The van der Waals surface area contributed by atoms with Gasteiger partial charge in [-0.3, -0.25) is 0 Å². The molecule has 1 rings (SSSR count). The predicted octanol–water partition coefficient (Wildman–Crippen LogP) is 3.19. The first kappa shape index (κ1) is 13.9. The standard InChI is InChI=1S/C10H13FO2.C2H6/c1-8-3-4-9(7-10(8)11)13-6-5-12-2;1-2/h3-4,7H,5-6H2,1-2H3;1-2H3. The molecule has 0 aromatic heterocycles. The van der Waals surface area contributed by atoms with Gasteiger partial charge in [0.1, 0.15) is 18.2 Å². The Bertz CT molecular complexity index is 274. The molecule has 0 spiro atoms. The van der Waals surface area contributed by atoms with Crippen molar-refractivity contribution in [3.63, 3.8) is 0 Å². The fraction of sp³-hybridized carbons (Fsp3) is 0.500. The van der Waals surface area contributed by atoms with Gasteiger partial charge in [-0.1, -0.05) is 19.9 Å². The first-order valence-electron chi connectivity index (χ1n) is 5.12. The van der Waals surface area contributed by atoms with E-state index in [2.05, 4.69) is 0 Å². The second-order valence-electron chi connectivity index (χ2n) is 2.75. The Morgan fingerprint density at radius 3 is 2.40 bits per heavy atom. The molecule has 3 heteroatoms. The van der Waals surface area contributed by atoms with Crippen LogP contribution in [0.1, 0.15) is 19.4 Å². The molecule has 86 valence electrons. The van der Waals surface area contributed by atoms with E-state index in [1.807, 2.05) is 13.8 Å². The van der Waals surface area contributed by atoms with E-state index < -0.39 is 0 Å². The lowest BCUT2D eigenvalue weighted by Crippen LogP contribution is -2.04. The van der Waals surface area contributed by atoms with E-state index in [1.165, 1.54) is 6.07 Å². The normalized spacial score (nSPS) is 9.13. The fourth-order valence-electron chi connectivity index (χ4n) is 0.906. The molecule has 0 unspecified atom stereocenters. The van der Waals surface area contributed by atoms with Gasteiger partial charge in [0, 0.05) is 13.2 Å². The van der Waals surface area contributed by atoms with E-state index in [-0.39, 0.29) is 5.82 Å². The average molecular weight is 214 g/mol. The SMILES string of the molecule is CC.COCCOc1ccc(C)c(F)c1. The zero-order valence-corrected chi connectivity index (χ0v) is 9.84. The summed E-state index contributed by atoms with van der Waals surface area (Å²) in [6.45, 7) is 6.67. The van der Waals surface area contributed by atoms with E-state index in [9.17, 15) is 4.39 Å². The molecular weight excluding hydrogens is 195 g/mol. The molecule has 0 heterocycles. The smallest absolute Gasteiger partial charge is 0.129 e. The van der Waals surface area contributed by atoms with Crippen LogP contribution < -0.4 is 4.74 Å². The van der Waals surface area contributed by atoms with Crippen LogP contribution in [0.4, 0.5) is 4.39 Å². The van der Waals surface area contributed by atoms with Crippen LogP contribution in [0.2, 0.25) is 0 Å². The number of hydrogen-bond acceptors (Lipinski definition) is 2. The van der Waals surface area contributed by atoms with Gasteiger partial charge in [-0.15, -0.1) is 0 Å². The molecule has 0 bridgehead atoms. The van der Waals surface area contributed by atoms with Crippen molar-refractivity contribution in [1.29, 1.82) is 0 Å². The zero-order valence-electron chi connectivity index (χ0n) is 9.84. The minimum Gasteiger partial charge on any atom is -0.491 e. The number of rotatable bonds is 4. The lowest BCUT2D eigenvalue weighted by atomic mass is 10.2. The molecule has 0 aliphatic heterocycles. The molecule has 0 radical (unpaired) electrons. The van der Waals surface area contributed by atoms with Crippen LogP contribution in [0.25, 0.3) is 0 Å². The number of hydrogen-bond donors (Lipinski definition) is 0. The molecule has 0 fully saturated rings. The van der Waals surface area contributed by atoms with E-state index in [0.717, 1.165) is 0 Å². The minimum atomic E-state index is -0.241. The number of ether oxygens (including phenoxy) is 2. The van der Waals surface area contributed by atoms with Gasteiger partial charge < -0.3 is 9.47 Å². The summed E-state index contributed by atoms with van der Waals surface area (Å²) in [5.74, 6) is 0.301. The Labute approximate surface area is 91.0 Å². The van der Waals surface area contributed by atoms with E-state index in [0.29, 0.717) is 24.5 Å². The summed E-state index contributed by atoms with van der Waals surface area (Å²) >= 11 is 0. The van der Waals surface area contributed by atoms with Gasteiger partial charge in [0.15, 0.2) is 0 Å². The molecule has 0 N–H and O–H groups in total. The van der Waals surface area contributed by atoms with Crippen molar-refractivity contribution in [2.45, 2.75) is 20.8 Å². The highest BCUT2D eigenvalue weighted by Gasteiger charge is 1.99. The highest BCUT2D eigenvalue weighted by atomic mass is 19.1. The third-order valence-electron chi connectivity index (χ3n) is 1.70. The highest BCUT2D eigenvalue weighted by Crippen LogP contribution is 2.15. The Morgan fingerprint density at radius 1 is 1.20 bits per heavy atom. The molecule has 0 saturated heterocycles. The topological polar surface area (TPSA) is 18.5 Å². The predicted molar refractivity (Wildman–Crippen MR) is 59.9 cm³/mol. The molecule has 0 aliphatic carbocycles. The first-order valence-corrected chi connectivity index (χ1v) is 5.12. The largest absolute Gasteiger partial charge is 0.491 e. The Hall–Kier alpha value is -1.09. The molecule has 15 heavy (non-hydrogen) atoms. The van der Waals surface area contributed by atoms with Crippen LogP contribution in [-0.4, -0.2) is 20.3 Å². The second-order valence-corrected chi connectivity index (χ2v) is 2.75. The molecule has 1 aromatic rings. The molecule has 0 amide bonds. The summed E-state index contributed by atoms with van der Waals surface area (Å²) in [7, 11) is 1.60. The van der Waals surface area contributed by atoms with Crippen LogP contribution in [0, 0.1) is 12.7 Å². The lowest BCUT2D eigenvalue weighted by Gasteiger charge is -2.05. The maximum absolute atomic E-state index is 13.0. The zero-order chi connectivity index (χ0) is 11.7. The van der Waals surface area contributed by atoms with Crippen molar-refractivity contribution in [1.82, 2.24) is 0 Å². The van der Waals surface area contributed by atoms with Crippen LogP contribution in [0.3, 0.4) is 0 Å². The van der Waals surface area contributed by atoms with Crippen LogP contribution in [0.5, 0.6) is 5.75 Å². The van der Waals surface area contributed by atoms with E-state index in [1.54, 1.807) is 26.2 Å². The molecule has 0 saturated carbocycles. The molecule has 1 aromatic carbocycles. The monoisotopic (exact) mass is 214 g/mol. The van der Waals surface area contributed by atoms with Crippen molar-refractivity contribution >= 4 is 0 Å². The van der Waals surface area contributed by atoms with Gasteiger partial charge in [-0.05, 0) is 18.6 Å². The first-order chi connectivity index (χ1) is 7.24. The van der Waals surface area contributed by atoms with Gasteiger partial charge in [-0.2, -0.15) is 0 Å². The molecule has 0 aliphatic rings. The summed E-state index contributed by atoms with van der Waals surface area (Å²) in [6.07, 6.45) is 0. The Balaban J connectivity index is 0.000000921. The molecule has 0 atom stereocenters. The summed E-state index contributed by atoms with van der Waals surface area (Å²) in [6, 6.07) is 4.82. The minimum absolute atomic E-state index is 0.241. The van der Waals surface area contributed by atoms with Crippen molar-refractivity contribution in [3.05, 3.63) is 29.6 Å². The van der Waals surface area contributed by atoms with Gasteiger partial charge >= 0.3 is 0 Å². The highest BCUT2D eigenvalue weighted by molar-refractivity contribution is 5.27. The molecule has 2 nitrogen and oxygen atoms in total.